The topological polar surface area (TPSA) is 115 Å². The monoisotopic (exact) mass is 641 g/mol. The third-order valence-corrected chi connectivity index (χ3v) is 11.3. The van der Waals surface area contributed by atoms with Crippen molar-refractivity contribution in [3.05, 3.63) is 59.7 Å². The van der Waals surface area contributed by atoms with E-state index in [-0.39, 0.29) is 49.5 Å². The molecule has 2 saturated heterocycles. The van der Waals surface area contributed by atoms with Gasteiger partial charge in [-0.1, -0.05) is 62.8 Å². The number of benzene rings is 2. The Balaban J connectivity index is 0.000000184. The Morgan fingerprint density at radius 2 is 0.951 bits per heavy atom. The minimum Gasteiger partial charge on any atom is -0.478 e. The molecule has 2 spiro atoms. The molecule has 0 atom stereocenters. The van der Waals surface area contributed by atoms with Crippen LogP contribution in [0.5, 0.6) is 0 Å². The normalized spacial score (nSPS) is 20.9. The van der Waals surface area contributed by atoms with Crippen molar-refractivity contribution < 1.29 is 46.2 Å². The van der Waals surface area contributed by atoms with Crippen LogP contribution in [0.15, 0.2) is 48.5 Å². The van der Waals surface area contributed by atoms with Crippen LogP contribution >= 0.6 is 23.5 Å². The van der Waals surface area contributed by atoms with E-state index in [1.54, 1.807) is 81.9 Å². The van der Waals surface area contributed by atoms with E-state index in [0.29, 0.717) is 22.9 Å². The van der Waals surface area contributed by atoms with Crippen molar-refractivity contribution in [3.8, 4) is 0 Å². The van der Waals surface area contributed by atoms with Crippen LogP contribution in [0, 0.1) is 0 Å². The zero-order chi connectivity index (χ0) is 28.3. The summed E-state index contributed by atoms with van der Waals surface area (Å²) < 4.78 is 0. The minimum atomic E-state index is -0.976. The number of hydrogen-bond donors (Lipinski definition) is 2. The molecule has 2 aromatic rings. The summed E-state index contributed by atoms with van der Waals surface area (Å²) in [5, 5.41) is 18.7. The van der Waals surface area contributed by atoms with Gasteiger partial charge in [0.25, 0.3) is 0 Å². The van der Waals surface area contributed by atoms with E-state index < -0.39 is 11.9 Å². The summed E-state index contributed by atoms with van der Waals surface area (Å²) >= 11 is 3.36. The first-order valence-electron chi connectivity index (χ1n) is 13.9. The van der Waals surface area contributed by atoms with Crippen molar-refractivity contribution in [1.29, 1.82) is 0 Å². The zero-order valence-electron chi connectivity index (χ0n) is 22.7. The van der Waals surface area contributed by atoms with Gasteiger partial charge >= 0.3 is 11.9 Å². The molecule has 2 saturated carbocycles. The van der Waals surface area contributed by atoms with Gasteiger partial charge in [0.05, 0.1) is 43.7 Å². The molecule has 4 aliphatic rings. The molecule has 6 rings (SSSR count). The fraction of sp³-hybridized carbons (Fsp3) is 0.467. The summed E-state index contributed by atoms with van der Waals surface area (Å²) in [6, 6.07) is 13.7. The van der Waals surface area contributed by atoms with Gasteiger partial charge in [0.2, 0.25) is 11.8 Å². The van der Waals surface area contributed by atoms with Gasteiger partial charge in [-0.05, 0) is 49.9 Å². The maximum absolute atomic E-state index is 12.3. The number of carboxylic acids is 2. The fourth-order valence-corrected chi connectivity index (χ4v) is 9.31. The number of anilines is 2. The van der Waals surface area contributed by atoms with Gasteiger partial charge in [-0.3, -0.25) is 19.4 Å². The first-order chi connectivity index (χ1) is 19.3. The van der Waals surface area contributed by atoms with E-state index in [4.69, 9.17) is 0 Å². The van der Waals surface area contributed by atoms with E-state index >= 15 is 0 Å². The SMILES string of the molecule is O=C(O)c1ccccc1N1C(=O)CSC12CCCCC2.O=C(O)c1ccccc1N1C(=O)CSC12CCCCC2.[Co]. The van der Waals surface area contributed by atoms with Gasteiger partial charge in [-0.25, -0.2) is 9.59 Å². The summed E-state index contributed by atoms with van der Waals surface area (Å²) in [5.74, 6) is -0.981. The van der Waals surface area contributed by atoms with Gasteiger partial charge in [0.1, 0.15) is 0 Å². The first kappa shape index (κ1) is 31.5. The average molecular weight is 642 g/mol. The van der Waals surface area contributed by atoms with Gasteiger partial charge in [0.15, 0.2) is 0 Å². The molecule has 11 heteroatoms. The fourth-order valence-electron chi connectivity index (χ4n) is 6.46. The Morgan fingerprint density at radius 1 is 0.610 bits per heavy atom. The number of nitrogens with zero attached hydrogens (tertiary/aromatic N) is 2. The van der Waals surface area contributed by atoms with Crippen molar-refractivity contribution in [2.45, 2.75) is 74.0 Å². The van der Waals surface area contributed by atoms with Crippen LogP contribution in [0.4, 0.5) is 11.4 Å². The van der Waals surface area contributed by atoms with Crippen LogP contribution in [0.2, 0.25) is 0 Å². The maximum Gasteiger partial charge on any atom is 0.337 e. The van der Waals surface area contributed by atoms with E-state index in [1.165, 1.54) is 12.8 Å². The molecule has 4 fully saturated rings. The molecule has 2 aromatic carbocycles. The quantitative estimate of drug-likeness (QED) is 0.403. The molecule has 8 nitrogen and oxygen atoms in total. The number of carbonyl (C=O) groups is 4. The Hall–Kier alpha value is -2.47. The Morgan fingerprint density at radius 3 is 1.29 bits per heavy atom. The average Bonchev–Trinajstić information content (AvgIpc) is 3.44. The van der Waals surface area contributed by atoms with Crippen LogP contribution in [0.1, 0.15) is 84.9 Å². The molecular formula is C30H34CoN2O6S2. The second-order valence-electron chi connectivity index (χ2n) is 10.7. The first-order valence-corrected chi connectivity index (χ1v) is 15.8. The van der Waals surface area contributed by atoms with Crippen molar-refractivity contribution in [2.24, 2.45) is 0 Å². The molecule has 1 radical (unpaired) electrons. The molecule has 2 amide bonds. The third-order valence-electron chi connectivity index (χ3n) is 8.26. The predicted octanol–water partition coefficient (Wildman–Crippen LogP) is 6.25. The third kappa shape index (κ3) is 6.18. The summed E-state index contributed by atoms with van der Waals surface area (Å²) in [6.45, 7) is 0. The number of rotatable bonds is 4. The number of carbonyl (C=O) groups excluding carboxylic acids is 2. The second kappa shape index (κ2) is 13.2. The van der Waals surface area contributed by atoms with E-state index in [9.17, 15) is 29.4 Å². The van der Waals surface area contributed by atoms with Gasteiger partial charge in [0, 0.05) is 16.8 Å². The standard InChI is InChI=1S/2C15H17NO3S.Co/c2*17-13-10-20-15(8-4-1-5-9-15)16(13)12-7-3-2-6-11(12)14(18)19;/h2*2-3,6-7H,1,4-5,8-10H2,(H,18,19);. The largest absolute Gasteiger partial charge is 0.478 e. The Kier molecular flexibility index (Phi) is 10.1. The van der Waals surface area contributed by atoms with Crippen LogP contribution in [-0.4, -0.2) is 55.2 Å². The summed E-state index contributed by atoms with van der Waals surface area (Å²) in [4.78, 5) is 50.6. The van der Waals surface area contributed by atoms with Gasteiger partial charge in [-0.2, -0.15) is 0 Å². The van der Waals surface area contributed by atoms with Crippen LogP contribution in [0.25, 0.3) is 0 Å². The van der Waals surface area contributed by atoms with E-state index in [0.717, 1.165) is 51.4 Å². The summed E-state index contributed by atoms with van der Waals surface area (Å²) in [6.07, 6.45) is 10.6. The number of aromatic carboxylic acids is 2. The molecule has 2 aliphatic heterocycles. The summed E-state index contributed by atoms with van der Waals surface area (Å²) in [7, 11) is 0. The number of carboxylic acid groups (broad SMARTS) is 2. The molecular weight excluding hydrogens is 607 g/mol. The summed E-state index contributed by atoms with van der Waals surface area (Å²) in [5.41, 5.74) is 1.54. The van der Waals surface area contributed by atoms with Crippen molar-refractivity contribution in [1.82, 2.24) is 0 Å². The number of hydrogen-bond acceptors (Lipinski definition) is 6. The predicted molar refractivity (Wildman–Crippen MR) is 158 cm³/mol. The van der Waals surface area contributed by atoms with Crippen molar-refractivity contribution in [3.63, 3.8) is 0 Å². The van der Waals surface area contributed by atoms with Gasteiger partial charge in [-0.15, -0.1) is 23.5 Å². The van der Waals surface area contributed by atoms with Crippen LogP contribution < -0.4 is 9.80 Å². The van der Waals surface area contributed by atoms with E-state index in [2.05, 4.69) is 0 Å². The van der Waals surface area contributed by atoms with E-state index in [1.807, 2.05) is 0 Å². The number of amides is 2. The van der Waals surface area contributed by atoms with Gasteiger partial charge < -0.3 is 10.2 Å². The second-order valence-corrected chi connectivity index (χ2v) is 13.4. The number of thioether (sulfide) groups is 2. The molecule has 0 aromatic heterocycles. The molecule has 221 valence electrons. The molecule has 0 bridgehead atoms. The molecule has 2 aliphatic carbocycles. The van der Waals surface area contributed by atoms with Crippen LogP contribution in [0.3, 0.4) is 0 Å². The maximum atomic E-state index is 12.3. The van der Waals surface area contributed by atoms with Crippen molar-refractivity contribution >= 4 is 58.7 Å². The van der Waals surface area contributed by atoms with Crippen molar-refractivity contribution in [2.75, 3.05) is 21.3 Å². The minimum absolute atomic E-state index is 0. The zero-order valence-corrected chi connectivity index (χ0v) is 25.3. The molecule has 2 heterocycles. The van der Waals surface area contributed by atoms with Crippen LogP contribution in [-0.2, 0) is 26.4 Å². The smallest absolute Gasteiger partial charge is 0.337 e. The number of para-hydroxylation sites is 2. The molecule has 41 heavy (non-hydrogen) atoms. The Labute approximate surface area is 258 Å². The molecule has 2 N–H and O–H groups in total. The molecule has 0 unspecified atom stereocenters. The Bertz CT molecular complexity index is 1210.